The minimum Gasteiger partial charge on any atom is -0.496 e. The Morgan fingerprint density at radius 3 is 2.16 bits per heavy atom. The Morgan fingerprint density at radius 1 is 1.08 bits per heavy atom. The van der Waals surface area contributed by atoms with E-state index in [2.05, 4.69) is 32.9 Å². The molecule has 2 aromatic carbocycles. The van der Waals surface area contributed by atoms with E-state index in [-0.39, 0.29) is 23.5 Å². The molecule has 0 saturated heterocycles. The molecule has 25 heavy (non-hydrogen) atoms. The van der Waals surface area contributed by atoms with Crippen LogP contribution in [0.15, 0.2) is 30.3 Å². The van der Waals surface area contributed by atoms with E-state index in [0.717, 1.165) is 16.7 Å². The van der Waals surface area contributed by atoms with Crippen LogP contribution in [0, 0.1) is 24.0 Å². The molecular weight excluding hydrogens is 318 g/mol. The lowest BCUT2D eigenvalue weighted by molar-refractivity contribution is -0.386. The summed E-state index contributed by atoms with van der Waals surface area (Å²) in [6, 6.07) is 8.93. The van der Waals surface area contributed by atoms with E-state index in [0.29, 0.717) is 5.75 Å². The zero-order chi connectivity index (χ0) is 18.8. The summed E-state index contributed by atoms with van der Waals surface area (Å²) in [6.45, 7) is 10.9. The van der Waals surface area contributed by atoms with Crippen LogP contribution in [0.2, 0.25) is 0 Å². The molecule has 2 aromatic rings. The van der Waals surface area contributed by atoms with Crippen molar-refractivity contribution >= 4 is 5.69 Å². The number of hydrogen-bond acceptors (Lipinski definition) is 4. The SMILES string of the molecule is COc1ccc(OCc2c(C)cc(C(C)(C)C)cc2C)c([N+](=O)[O-])c1. The van der Waals surface area contributed by atoms with Gasteiger partial charge in [0.25, 0.3) is 0 Å². The van der Waals surface area contributed by atoms with Crippen LogP contribution in [0.4, 0.5) is 5.69 Å². The quantitative estimate of drug-likeness (QED) is 0.560. The van der Waals surface area contributed by atoms with Gasteiger partial charge in [-0.15, -0.1) is 0 Å². The van der Waals surface area contributed by atoms with Crippen molar-refractivity contribution < 1.29 is 14.4 Å². The number of hydrogen-bond donors (Lipinski definition) is 0. The van der Waals surface area contributed by atoms with Crippen molar-refractivity contribution in [3.05, 3.63) is 62.7 Å². The first kappa shape index (κ1) is 18.8. The Morgan fingerprint density at radius 2 is 1.68 bits per heavy atom. The number of nitro benzene ring substituents is 1. The van der Waals surface area contributed by atoms with Gasteiger partial charge in [0.15, 0.2) is 5.75 Å². The summed E-state index contributed by atoms with van der Waals surface area (Å²) >= 11 is 0. The molecule has 0 radical (unpaired) electrons. The number of benzene rings is 2. The molecule has 0 saturated carbocycles. The third-order valence-corrected chi connectivity index (χ3v) is 4.30. The van der Waals surface area contributed by atoms with Gasteiger partial charge in [-0.25, -0.2) is 0 Å². The highest BCUT2D eigenvalue weighted by Gasteiger charge is 2.19. The predicted molar refractivity (Wildman–Crippen MR) is 98.6 cm³/mol. The Hall–Kier alpha value is -2.56. The summed E-state index contributed by atoms with van der Waals surface area (Å²) in [7, 11) is 1.48. The summed E-state index contributed by atoms with van der Waals surface area (Å²) in [4.78, 5) is 10.8. The molecule has 0 amide bonds. The lowest BCUT2D eigenvalue weighted by Gasteiger charge is -2.22. The van der Waals surface area contributed by atoms with Crippen LogP contribution >= 0.6 is 0 Å². The van der Waals surface area contributed by atoms with Crippen molar-refractivity contribution in [2.24, 2.45) is 0 Å². The molecule has 0 unspecified atom stereocenters. The normalized spacial score (nSPS) is 11.3. The van der Waals surface area contributed by atoms with E-state index in [9.17, 15) is 10.1 Å². The fraction of sp³-hybridized carbons (Fsp3) is 0.400. The van der Waals surface area contributed by atoms with Crippen molar-refractivity contribution in [2.75, 3.05) is 7.11 Å². The van der Waals surface area contributed by atoms with E-state index in [4.69, 9.17) is 9.47 Å². The van der Waals surface area contributed by atoms with Crippen molar-refractivity contribution in [3.8, 4) is 11.5 Å². The van der Waals surface area contributed by atoms with E-state index < -0.39 is 4.92 Å². The van der Waals surface area contributed by atoms with Gasteiger partial charge in [0.2, 0.25) is 0 Å². The maximum absolute atomic E-state index is 11.3. The van der Waals surface area contributed by atoms with Crippen molar-refractivity contribution in [1.29, 1.82) is 0 Å². The Labute approximate surface area is 148 Å². The van der Waals surface area contributed by atoms with Crippen molar-refractivity contribution in [1.82, 2.24) is 0 Å². The summed E-state index contributed by atoms with van der Waals surface area (Å²) in [5.41, 5.74) is 4.55. The molecule has 134 valence electrons. The van der Waals surface area contributed by atoms with Crippen LogP contribution in [0.1, 0.15) is 43.0 Å². The second-order valence-electron chi connectivity index (χ2n) is 7.22. The maximum Gasteiger partial charge on any atom is 0.314 e. The second kappa shape index (κ2) is 7.13. The highest BCUT2D eigenvalue weighted by Crippen LogP contribution is 2.33. The number of nitrogens with zero attached hydrogens (tertiary/aromatic N) is 1. The highest BCUT2D eigenvalue weighted by molar-refractivity contribution is 5.51. The molecule has 0 bridgehead atoms. The van der Waals surface area contributed by atoms with Gasteiger partial charge in [-0.05, 0) is 53.6 Å². The van der Waals surface area contributed by atoms with Gasteiger partial charge < -0.3 is 9.47 Å². The van der Waals surface area contributed by atoms with Gasteiger partial charge in [0.1, 0.15) is 12.4 Å². The summed E-state index contributed by atoms with van der Waals surface area (Å²) in [5, 5.41) is 11.3. The second-order valence-corrected chi connectivity index (χ2v) is 7.22. The predicted octanol–water partition coefficient (Wildman–Crippen LogP) is 5.10. The van der Waals surface area contributed by atoms with Gasteiger partial charge in [0, 0.05) is 0 Å². The average Bonchev–Trinajstić information content (AvgIpc) is 2.52. The fourth-order valence-corrected chi connectivity index (χ4v) is 2.69. The largest absolute Gasteiger partial charge is 0.496 e. The molecule has 0 fully saturated rings. The first-order valence-corrected chi connectivity index (χ1v) is 8.19. The van der Waals surface area contributed by atoms with E-state index in [1.165, 1.54) is 18.7 Å². The molecule has 0 aliphatic rings. The third-order valence-electron chi connectivity index (χ3n) is 4.30. The minimum atomic E-state index is -0.458. The van der Waals surface area contributed by atoms with Crippen LogP contribution in [0.5, 0.6) is 11.5 Å². The molecule has 0 aliphatic carbocycles. The molecule has 0 atom stereocenters. The van der Waals surface area contributed by atoms with Gasteiger partial charge in [0.05, 0.1) is 18.1 Å². The molecule has 5 nitrogen and oxygen atoms in total. The van der Waals surface area contributed by atoms with Crippen LogP contribution in [-0.2, 0) is 12.0 Å². The van der Waals surface area contributed by atoms with Crippen LogP contribution in [0.25, 0.3) is 0 Å². The van der Waals surface area contributed by atoms with Gasteiger partial charge >= 0.3 is 5.69 Å². The topological polar surface area (TPSA) is 61.6 Å². The number of ether oxygens (including phenoxy) is 2. The highest BCUT2D eigenvalue weighted by atomic mass is 16.6. The number of aryl methyl sites for hydroxylation is 2. The Bertz CT molecular complexity index is 768. The zero-order valence-electron chi connectivity index (χ0n) is 15.7. The van der Waals surface area contributed by atoms with E-state index in [1.807, 2.05) is 13.8 Å². The molecule has 0 aromatic heterocycles. The number of nitro groups is 1. The molecule has 5 heteroatoms. The molecule has 0 aliphatic heterocycles. The van der Waals surface area contributed by atoms with Crippen molar-refractivity contribution in [2.45, 2.75) is 46.6 Å². The van der Waals surface area contributed by atoms with Crippen LogP contribution in [-0.4, -0.2) is 12.0 Å². The molecule has 2 rings (SSSR count). The summed E-state index contributed by atoms with van der Waals surface area (Å²) < 4.78 is 10.8. The number of rotatable bonds is 5. The first-order valence-electron chi connectivity index (χ1n) is 8.19. The number of methoxy groups -OCH3 is 1. The van der Waals surface area contributed by atoms with Crippen LogP contribution < -0.4 is 9.47 Å². The minimum absolute atomic E-state index is 0.0731. The monoisotopic (exact) mass is 343 g/mol. The Kier molecular flexibility index (Phi) is 5.36. The van der Waals surface area contributed by atoms with E-state index in [1.54, 1.807) is 12.1 Å². The van der Waals surface area contributed by atoms with Crippen LogP contribution in [0.3, 0.4) is 0 Å². The van der Waals surface area contributed by atoms with Crippen molar-refractivity contribution in [3.63, 3.8) is 0 Å². The van der Waals surface area contributed by atoms with Gasteiger partial charge in [-0.3, -0.25) is 10.1 Å². The standard InChI is InChI=1S/C20H25NO4/c1-13-9-15(20(3,4)5)10-14(2)17(13)12-25-19-8-7-16(24-6)11-18(19)21(22)23/h7-11H,12H2,1-6H3. The first-order chi connectivity index (χ1) is 11.6. The fourth-order valence-electron chi connectivity index (χ4n) is 2.69. The molecule has 0 heterocycles. The maximum atomic E-state index is 11.3. The molecule has 0 spiro atoms. The lowest BCUT2D eigenvalue weighted by atomic mass is 9.84. The van der Waals surface area contributed by atoms with E-state index >= 15 is 0 Å². The lowest BCUT2D eigenvalue weighted by Crippen LogP contribution is -2.13. The zero-order valence-corrected chi connectivity index (χ0v) is 15.7. The Balaban J connectivity index is 2.29. The summed E-state index contributed by atoms with van der Waals surface area (Å²) in [6.07, 6.45) is 0. The summed E-state index contributed by atoms with van der Waals surface area (Å²) in [5.74, 6) is 0.672. The third kappa shape index (κ3) is 4.29. The van der Waals surface area contributed by atoms with Gasteiger partial charge in [-0.2, -0.15) is 0 Å². The smallest absolute Gasteiger partial charge is 0.314 e. The molecular formula is C20H25NO4. The molecule has 0 N–H and O–H groups in total. The van der Waals surface area contributed by atoms with Gasteiger partial charge in [-0.1, -0.05) is 32.9 Å². The average molecular weight is 343 g/mol.